The Morgan fingerprint density at radius 3 is 2.47 bits per heavy atom. The minimum absolute atomic E-state index is 0.545. The van der Waals surface area contributed by atoms with Crippen molar-refractivity contribution in [2.45, 2.75) is 12.5 Å². The second-order valence-electron chi connectivity index (χ2n) is 4.04. The molecule has 0 aliphatic carbocycles. The lowest BCUT2D eigenvalue weighted by molar-refractivity contribution is 0.103. The van der Waals surface area contributed by atoms with Gasteiger partial charge in [0, 0.05) is 27.2 Å². The van der Waals surface area contributed by atoms with Gasteiger partial charge in [-0.1, -0.05) is 12.1 Å². The van der Waals surface area contributed by atoms with Crippen LogP contribution in [-0.2, 0) is 5.60 Å². The minimum Gasteiger partial charge on any atom is -0.398 e. The zero-order valence-corrected chi connectivity index (χ0v) is 11.5. The number of nitrogens with two attached hydrogens (primary N) is 1. The van der Waals surface area contributed by atoms with Crippen molar-refractivity contribution in [2.75, 3.05) is 5.73 Å². The van der Waals surface area contributed by atoms with Crippen molar-refractivity contribution in [2.24, 2.45) is 0 Å². The van der Waals surface area contributed by atoms with Crippen molar-refractivity contribution >= 4 is 28.3 Å². The highest BCUT2D eigenvalue weighted by atomic mass is 127. The summed E-state index contributed by atoms with van der Waals surface area (Å²) in [5.41, 5.74) is 6.72. The van der Waals surface area contributed by atoms with Crippen LogP contribution >= 0.6 is 22.6 Å². The van der Waals surface area contributed by atoms with Crippen LogP contribution in [0.15, 0.2) is 42.7 Å². The largest absolute Gasteiger partial charge is 0.398 e. The highest BCUT2D eigenvalue weighted by Gasteiger charge is 2.27. The molecule has 3 N–H and O–H groups in total. The Hall–Kier alpha value is -1.14. The van der Waals surface area contributed by atoms with E-state index in [4.69, 9.17) is 5.73 Å². The van der Waals surface area contributed by atoms with Crippen molar-refractivity contribution in [3.8, 4) is 0 Å². The number of aliphatic hydroxyl groups is 1. The molecule has 88 valence electrons. The van der Waals surface area contributed by atoms with Crippen molar-refractivity contribution in [1.82, 2.24) is 4.98 Å². The van der Waals surface area contributed by atoms with Gasteiger partial charge in [0.2, 0.25) is 0 Å². The molecule has 1 heterocycles. The molecule has 17 heavy (non-hydrogen) atoms. The lowest BCUT2D eigenvalue weighted by atomic mass is 9.88. The van der Waals surface area contributed by atoms with Crippen LogP contribution in [0.5, 0.6) is 0 Å². The number of hydrogen-bond acceptors (Lipinski definition) is 3. The van der Waals surface area contributed by atoms with Gasteiger partial charge in [-0.15, -0.1) is 0 Å². The summed E-state index contributed by atoms with van der Waals surface area (Å²) in [5.74, 6) is 0. The first-order valence-electron chi connectivity index (χ1n) is 5.20. The summed E-state index contributed by atoms with van der Waals surface area (Å²) in [5, 5.41) is 10.6. The fourth-order valence-electron chi connectivity index (χ4n) is 1.74. The zero-order valence-electron chi connectivity index (χ0n) is 9.39. The third-order valence-electron chi connectivity index (χ3n) is 2.79. The molecule has 0 saturated heterocycles. The molecule has 3 nitrogen and oxygen atoms in total. The molecular formula is C13H13IN2O. The van der Waals surface area contributed by atoms with Crippen molar-refractivity contribution < 1.29 is 5.11 Å². The fraction of sp³-hybridized carbons (Fsp3) is 0.154. The Bertz CT molecular complexity index is 523. The number of rotatable bonds is 2. The van der Waals surface area contributed by atoms with Gasteiger partial charge in [-0.05, 0) is 53.3 Å². The lowest BCUT2D eigenvalue weighted by Gasteiger charge is -2.25. The van der Waals surface area contributed by atoms with Crippen LogP contribution in [0, 0.1) is 3.57 Å². The van der Waals surface area contributed by atoms with Crippen LogP contribution in [0.25, 0.3) is 0 Å². The summed E-state index contributed by atoms with van der Waals surface area (Å²) in [6.45, 7) is 1.72. The summed E-state index contributed by atoms with van der Waals surface area (Å²) in [4.78, 5) is 4.01. The van der Waals surface area contributed by atoms with E-state index in [1.54, 1.807) is 25.4 Å². The molecule has 1 aromatic carbocycles. The Labute approximate surface area is 114 Å². The maximum atomic E-state index is 10.6. The van der Waals surface area contributed by atoms with E-state index in [9.17, 15) is 5.11 Å². The molecule has 4 heteroatoms. The number of benzene rings is 1. The number of halogens is 1. The zero-order chi connectivity index (χ0) is 12.5. The normalized spacial score (nSPS) is 14.3. The van der Waals surface area contributed by atoms with E-state index in [1.165, 1.54) is 0 Å². The predicted octanol–water partition coefficient (Wildman–Crippen LogP) is 2.52. The van der Waals surface area contributed by atoms with E-state index in [0.717, 1.165) is 9.13 Å². The minimum atomic E-state index is -1.12. The molecular weight excluding hydrogens is 327 g/mol. The highest BCUT2D eigenvalue weighted by molar-refractivity contribution is 14.1. The Morgan fingerprint density at radius 2 is 1.88 bits per heavy atom. The molecule has 0 radical (unpaired) electrons. The first-order chi connectivity index (χ1) is 8.01. The van der Waals surface area contributed by atoms with Crippen LogP contribution < -0.4 is 5.73 Å². The maximum absolute atomic E-state index is 10.6. The van der Waals surface area contributed by atoms with Gasteiger partial charge in [-0.2, -0.15) is 0 Å². The third kappa shape index (κ3) is 2.42. The molecule has 1 atom stereocenters. The lowest BCUT2D eigenvalue weighted by Crippen LogP contribution is -2.24. The van der Waals surface area contributed by atoms with Gasteiger partial charge in [0.1, 0.15) is 5.60 Å². The maximum Gasteiger partial charge on any atom is 0.115 e. The van der Waals surface area contributed by atoms with Gasteiger partial charge in [0.25, 0.3) is 0 Å². The highest BCUT2D eigenvalue weighted by Crippen LogP contribution is 2.32. The first-order valence-corrected chi connectivity index (χ1v) is 6.28. The van der Waals surface area contributed by atoms with Gasteiger partial charge in [-0.3, -0.25) is 4.98 Å². The SMILES string of the molecule is CC(O)(c1ccc(I)cc1)c1cnccc1N. The smallest absolute Gasteiger partial charge is 0.115 e. The van der Waals surface area contributed by atoms with Crippen molar-refractivity contribution in [1.29, 1.82) is 0 Å². The molecule has 0 bridgehead atoms. The summed E-state index contributed by atoms with van der Waals surface area (Å²) in [7, 11) is 0. The van der Waals surface area contributed by atoms with Crippen molar-refractivity contribution in [3.63, 3.8) is 0 Å². The van der Waals surface area contributed by atoms with E-state index in [2.05, 4.69) is 27.6 Å². The van der Waals surface area contributed by atoms with Crippen LogP contribution in [0.1, 0.15) is 18.1 Å². The molecule has 0 saturated carbocycles. The molecule has 0 spiro atoms. The van der Waals surface area contributed by atoms with E-state index in [1.807, 2.05) is 24.3 Å². The van der Waals surface area contributed by atoms with E-state index in [-0.39, 0.29) is 0 Å². The van der Waals surface area contributed by atoms with E-state index in [0.29, 0.717) is 11.3 Å². The van der Waals surface area contributed by atoms with Gasteiger partial charge < -0.3 is 10.8 Å². The van der Waals surface area contributed by atoms with E-state index >= 15 is 0 Å². The number of anilines is 1. The molecule has 2 aromatic rings. The van der Waals surface area contributed by atoms with Gasteiger partial charge in [0.15, 0.2) is 0 Å². The molecule has 1 unspecified atom stereocenters. The average Bonchev–Trinajstić information content (AvgIpc) is 2.30. The predicted molar refractivity (Wildman–Crippen MR) is 76.5 cm³/mol. The quantitative estimate of drug-likeness (QED) is 0.826. The van der Waals surface area contributed by atoms with Gasteiger partial charge in [0.05, 0.1) is 0 Å². The number of pyridine rings is 1. The topological polar surface area (TPSA) is 59.1 Å². The number of hydrogen-bond donors (Lipinski definition) is 2. The second kappa shape index (κ2) is 4.62. The molecule has 2 rings (SSSR count). The summed E-state index contributed by atoms with van der Waals surface area (Å²) in [6, 6.07) is 9.40. The number of aromatic nitrogens is 1. The monoisotopic (exact) mass is 340 g/mol. The average molecular weight is 340 g/mol. The summed E-state index contributed by atoms with van der Waals surface area (Å²) >= 11 is 2.23. The second-order valence-corrected chi connectivity index (χ2v) is 5.29. The van der Waals surface area contributed by atoms with Crippen LogP contribution in [0.2, 0.25) is 0 Å². The Morgan fingerprint density at radius 1 is 1.24 bits per heavy atom. The number of nitrogens with zero attached hydrogens (tertiary/aromatic N) is 1. The standard InChI is InChI=1S/C13H13IN2O/c1-13(17,9-2-4-10(14)5-3-9)11-8-16-7-6-12(11)15/h2-8,17H,1H3,(H2,15,16). The number of nitrogen functional groups attached to an aromatic ring is 1. The fourth-order valence-corrected chi connectivity index (χ4v) is 2.10. The summed E-state index contributed by atoms with van der Waals surface area (Å²) in [6.07, 6.45) is 3.22. The Kier molecular flexibility index (Phi) is 3.35. The van der Waals surface area contributed by atoms with Crippen LogP contribution in [-0.4, -0.2) is 10.1 Å². The third-order valence-corrected chi connectivity index (χ3v) is 3.50. The van der Waals surface area contributed by atoms with Gasteiger partial charge in [-0.25, -0.2) is 0 Å². The molecule has 0 amide bonds. The van der Waals surface area contributed by atoms with Crippen LogP contribution in [0.3, 0.4) is 0 Å². The first kappa shape index (κ1) is 12.3. The molecule has 1 aromatic heterocycles. The summed E-state index contributed by atoms with van der Waals surface area (Å²) < 4.78 is 1.13. The molecule has 0 fully saturated rings. The molecule has 0 aliphatic heterocycles. The van der Waals surface area contributed by atoms with Gasteiger partial charge >= 0.3 is 0 Å². The Balaban J connectivity index is 2.49. The van der Waals surface area contributed by atoms with E-state index < -0.39 is 5.60 Å². The van der Waals surface area contributed by atoms with Crippen molar-refractivity contribution in [3.05, 3.63) is 57.4 Å². The van der Waals surface area contributed by atoms with Crippen LogP contribution in [0.4, 0.5) is 5.69 Å². The molecule has 0 aliphatic rings.